The van der Waals surface area contributed by atoms with Crippen molar-refractivity contribution in [1.29, 1.82) is 0 Å². The lowest BCUT2D eigenvalue weighted by molar-refractivity contribution is 0.672. The van der Waals surface area contributed by atoms with Crippen LogP contribution in [0.3, 0.4) is 0 Å². The molecule has 0 aliphatic carbocycles. The second-order valence-electron chi connectivity index (χ2n) is 4.11. The third-order valence-corrected chi connectivity index (χ3v) is 2.57. The highest BCUT2D eigenvalue weighted by molar-refractivity contribution is 5.15. The van der Waals surface area contributed by atoms with Gasteiger partial charge in [-0.05, 0) is 19.9 Å². The summed E-state index contributed by atoms with van der Waals surface area (Å²) in [4.78, 5) is 8.41. The summed E-state index contributed by atoms with van der Waals surface area (Å²) in [6.45, 7) is 5.47. The molecule has 0 fully saturated rings. The van der Waals surface area contributed by atoms with Gasteiger partial charge >= 0.3 is 0 Å². The molecular weight excluding hydrogens is 214 g/mol. The first kappa shape index (κ1) is 11.7. The molecule has 0 saturated heterocycles. The quantitative estimate of drug-likeness (QED) is 0.856. The minimum atomic E-state index is 0.748. The predicted molar refractivity (Wildman–Crippen MR) is 65.3 cm³/mol. The molecule has 2 heterocycles. The summed E-state index contributed by atoms with van der Waals surface area (Å²) < 4.78 is 1.83. The standard InChI is InChI=1S/C12H17N5/c1-9-11(8-17(3)16-9)6-13-7-12-4-5-14-10(2)15-12/h4-5,8,13H,6-7H2,1-3H3. The van der Waals surface area contributed by atoms with Gasteiger partial charge in [0.1, 0.15) is 5.82 Å². The van der Waals surface area contributed by atoms with Crippen LogP contribution in [0.15, 0.2) is 18.5 Å². The van der Waals surface area contributed by atoms with Crippen LogP contribution in [0, 0.1) is 13.8 Å². The Kier molecular flexibility index (Phi) is 3.49. The third kappa shape index (κ3) is 3.10. The van der Waals surface area contributed by atoms with Crippen molar-refractivity contribution in [1.82, 2.24) is 25.1 Å². The van der Waals surface area contributed by atoms with Crippen molar-refractivity contribution in [2.45, 2.75) is 26.9 Å². The molecule has 5 nitrogen and oxygen atoms in total. The number of rotatable bonds is 4. The number of hydrogen-bond acceptors (Lipinski definition) is 4. The zero-order valence-electron chi connectivity index (χ0n) is 10.4. The Balaban J connectivity index is 1.89. The maximum absolute atomic E-state index is 4.34. The van der Waals surface area contributed by atoms with E-state index in [9.17, 15) is 0 Å². The molecule has 0 spiro atoms. The van der Waals surface area contributed by atoms with E-state index in [1.807, 2.05) is 37.8 Å². The topological polar surface area (TPSA) is 55.6 Å². The second kappa shape index (κ2) is 5.05. The first-order valence-electron chi connectivity index (χ1n) is 5.63. The largest absolute Gasteiger partial charge is 0.307 e. The van der Waals surface area contributed by atoms with Crippen LogP contribution in [0.4, 0.5) is 0 Å². The van der Waals surface area contributed by atoms with E-state index in [-0.39, 0.29) is 0 Å². The fourth-order valence-corrected chi connectivity index (χ4v) is 1.75. The molecule has 0 aliphatic rings. The maximum Gasteiger partial charge on any atom is 0.125 e. The van der Waals surface area contributed by atoms with Crippen LogP contribution in [0.2, 0.25) is 0 Å². The molecule has 1 N–H and O–H groups in total. The smallest absolute Gasteiger partial charge is 0.125 e. The summed E-state index contributed by atoms with van der Waals surface area (Å²) in [5.41, 5.74) is 3.30. The van der Waals surface area contributed by atoms with Crippen LogP contribution in [-0.4, -0.2) is 19.7 Å². The summed E-state index contributed by atoms with van der Waals surface area (Å²) in [5, 5.41) is 7.66. The van der Waals surface area contributed by atoms with Crippen LogP contribution in [0.25, 0.3) is 0 Å². The molecule has 5 heteroatoms. The van der Waals surface area contributed by atoms with Gasteiger partial charge in [-0.25, -0.2) is 9.97 Å². The van der Waals surface area contributed by atoms with Crippen molar-refractivity contribution >= 4 is 0 Å². The molecule has 0 radical (unpaired) electrons. The van der Waals surface area contributed by atoms with Crippen molar-refractivity contribution in [3.8, 4) is 0 Å². The van der Waals surface area contributed by atoms with Crippen molar-refractivity contribution in [2.75, 3.05) is 0 Å². The molecular formula is C12H17N5. The van der Waals surface area contributed by atoms with Crippen molar-refractivity contribution in [3.05, 3.63) is 41.2 Å². The van der Waals surface area contributed by atoms with Crippen LogP contribution in [0.5, 0.6) is 0 Å². The second-order valence-corrected chi connectivity index (χ2v) is 4.11. The van der Waals surface area contributed by atoms with Crippen LogP contribution >= 0.6 is 0 Å². The van der Waals surface area contributed by atoms with Crippen molar-refractivity contribution < 1.29 is 0 Å². The summed E-state index contributed by atoms with van der Waals surface area (Å²) in [7, 11) is 1.93. The molecule has 17 heavy (non-hydrogen) atoms. The summed E-state index contributed by atoms with van der Waals surface area (Å²) >= 11 is 0. The number of aromatic nitrogens is 4. The Labute approximate surface area is 101 Å². The maximum atomic E-state index is 4.34. The molecule has 0 saturated carbocycles. The fourth-order valence-electron chi connectivity index (χ4n) is 1.75. The van der Waals surface area contributed by atoms with Gasteiger partial charge in [0.25, 0.3) is 0 Å². The molecule has 0 aromatic carbocycles. The van der Waals surface area contributed by atoms with Gasteiger partial charge in [0.2, 0.25) is 0 Å². The van der Waals surface area contributed by atoms with Gasteiger partial charge < -0.3 is 5.32 Å². The van der Waals surface area contributed by atoms with E-state index in [0.717, 1.165) is 30.3 Å². The Bertz CT molecular complexity index is 503. The van der Waals surface area contributed by atoms with E-state index in [2.05, 4.69) is 20.4 Å². The number of hydrogen-bond donors (Lipinski definition) is 1. The number of aryl methyl sites for hydroxylation is 3. The average molecular weight is 231 g/mol. The van der Waals surface area contributed by atoms with Gasteiger partial charge in [-0.1, -0.05) is 0 Å². The Morgan fingerprint density at radius 1 is 1.29 bits per heavy atom. The van der Waals surface area contributed by atoms with Gasteiger partial charge in [-0.3, -0.25) is 4.68 Å². The summed E-state index contributed by atoms with van der Waals surface area (Å²) in [6.07, 6.45) is 3.82. The van der Waals surface area contributed by atoms with Gasteiger partial charge in [0, 0.05) is 38.1 Å². The van der Waals surface area contributed by atoms with Gasteiger partial charge in [-0.15, -0.1) is 0 Å². The Hall–Kier alpha value is -1.75. The van der Waals surface area contributed by atoms with E-state index < -0.39 is 0 Å². The molecule has 0 atom stereocenters. The lowest BCUT2D eigenvalue weighted by atomic mass is 10.2. The van der Waals surface area contributed by atoms with Crippen LogP contribution in [-0.2, 0) is 20.1 Å². The van der Waals surface area contributed by atoms with E-state index in [1.54, 1.807) is 6.20 Å². The van der Waals surface area contributed by atoms with Crippen LogP contribution in [0.1, 0.15) is 22.8 Å². The molecule has 2 aromatic rings. The normalized spacial score (nSPS) is 10.8. The lowest BCUT2D eigenvalue weighted by Crippen LogP contribution is -2.14. The first-order chi connectivity index (χ1) is 8.15. The van der Waals surface area contributed by atoms with Gasteiger partial charge in [0.05, 0.1) is 11.4 Å². The van der Waals surface area contributed by atoms with E-state index in [0.29, 0.717) is 0 Å². The first-order valence-corrected chi connectivity index (χ1v) is 5.63. The van der Waals surface area contributed by atoms with Gasteiger partial charge in [-0.2, -0.15) is 5.10 Å². The Morgan fingerprint density at radius 2 is 2.12 bits per heavy atom. The molecule has 90 valence electrons. The highest BCUT2D eigenvalue weighted by Gasteiger charge is 2.02. The molecule has 0 bridgehead atoms. The molecule has 0 unspecified atom stereocenters. The van der Waals surface area contributed by atoms with E-state index >= 15 is 0 Å². The highest BCUT2D eigenvalue weighted by Crippen LogP contribution is 2.04. The van der Waals surface area contributed by atoms with Crippen molar-refractivity contribution in [2.24, 2.45) is 7.05 Å². The summed E-state index contributed by atoms with van der Waals surface area (Å²) in [5.74, 6) is 0.807. The molecule has 2 rings (SSSR count). The zero-order valence-corrected chi connectivity index (χ0v) is 10.4. The van der Waals surface area contributed by atoms with E-state index in [1.165, 1.54) is 5.56 Å². The highest BCUT2D eigenvalue weighted by atomic mass is 15.2. The summed E-state index contributed by atoms with van der Waals surface area (Å²) in [6, 6.07) is 1.93. The third-order valence-electron chi connectivity index (χ3n) is 2.57. The average Bonchev–Trinajstić information content (AvgIpc) is 2.58. The van der Waals surface area contributed by atoms with Gasteiger partial charge in [0.15, 0.2) is 0 Å². The molecule has 0 amide bonds. The monoisotopic (exact) mass is 231 g/mol. The minimum Gasteiger partial charge on any atom is -0.307 e. The molecule has 0 aliphatic heterocycles. The fraction of sp³-hybridized carbons (Fsp3) is 0.417. The minimum absolute atomic E-state index is 0.748. The number of nitrogens with zero attached hydrogens (tertiary/aromatic N) is 4. The van der Waals surface area contributed by atoms with Crippen molar-refractivity contribution in [3.63, 3.8) is 0 Å². The SMILES string of the molecule is Cc1nccc(CNCc2cn(C)nc2C)n1. The Morgan fingerprint density at radius 3 is 2.76 bits per heavy atom. The zero-order chi connectivity index (χ0) is 12.3. The van der Waals surface area contributed by atoms with E-state index in [4.69, 9.17) is 0 Å². The molecule has 2 aromatic heterocycles. The lowest BCUT2D eigenvalue weighted by Gasteiger charge is -2.03. The number of nitrogens with one attached hydrogen (secondary N) is 1. The van der Waals surface area contributed by atoms with Crippen LogP contribution < -0.4 is 5.32 Å². The predicted octanol–water partition coefficient (Wildman–Crippen LogP) is 1.12.